The van der Waals surface area contributed by atoms with Gasteiger partial charge in [-0.25, -0.2) is 4.39 Å². The summed E-state index contributed by atoms with van der Waals surface area (Å²) in [5.41, 5.74) is 5.47. The summed E-state index contributed by atoms with van der Waals surface area (Å²) in [5, 5.41) is 2.46. The Kier molecular flexibility index (Phi) is 4.20. The molecule has 8 heteroatoms. The number of carbonyl (C=O) groups is 1. The molecule has 0 bridgehead atoms. The van der Waals surface area contributed by atoms with Gasteiger partial charge < -0.3 is 15.8 Å². The quantitative estimate of drug-likeness (QED) is 0.672. The smallest absolute Gasteiger partial charge is 0.404 e. The second-order valence-electron chi connectivity index (χ2n) is 4.26. The number of benzene rings is 2. The van der Waals surface area contributed by atoms with Crippen LogP contribution in [0.1, 0.15) is 10.4 Å². The first kappa shape index (κ1) is 15.6. The molecule has 116 valence electrons. The molecule has 2 aromatic carbocycles. The van der Waals surface area contributed by atoms with Crippen molar-refractivity contribution in [1.29, 1.82) is 0 Å². The zero-order valence-electron chi connectivity index (χ0n) is 10.9. The second kappa shape index (κ2) is 5.92. The van der Waals surface area contributed by atoms with E-state index in [9.17, 15) is 22.4 Å². The molecule has 0 aliphatic rings. The molecule has 4 nitrogen and oxygen atoms in total. The molecule has 1 amide bonds. The van der Waals surface area contributed by atoms with E-state index in [1.165, 1.54) is 12.1 Å². The van der Waals surface area contributed by atoms with Gasteiger partial charge in [0.15, 0.2) is 5.75 Å². The van der Waals surface area contributed by atoms with Crippen molar-refractivity contribution in [3.63, 3.8) is 0 Å². The van der Waals surface area contributed by atoms with Crippen LogP contribution in [0.4, 0.5) is 28.9 Å². The fraction of sp³-hybridized carbons (Fsp3) is 0.0714. The Morgan fingerprint density at radius 2 is 1.73 bits per heavy atom. The van der Waals surface area contributed by atoms with Gasteiger partial charge in [-0.05, 0) is 42.5 Å². The van der Waals surface area contributed by atoms with Gasteiger partial charge in [0.05, 0.1) is 5.69 Å². The number of nitrogens with one attached hydrogen (secondary N) is 1. The number of ether oxygens (including phenoxy) is 1. The lowest BCUT2D eigenvalue weighted by molar-refractivity contribution is -0.274. The Balaban J connectivity index is 2.13. The Hall–Kier alpha value is -2.77. The molecule has 3 N–H and O–H groups in total. The van der Waals surface area contributed by atoms with Gasteiger partial charge in [-0.3, -0.25) is 4.79 Å². The predicted octanol–water partition coefficient (Wildman–Crippen LogP) is 3.56. The molecular weight excluding hydrogens is 304 g/mol. The normalized spacial score (nSPS) is 11.1. The van der Waals surface area contributed by atoms with E-state index in [1.807, 2.05) is 0 Å². The van der Waals surface area contributed by atoms with Crippen molar-refractivity contribution in [2.75, 3.05) is 11.1 Å². The highest BCUT2D eigenvalue weighted by atomic mass is 19.4. The molecule has 0 saturated heterocycles. The molecule has 0 radical (unpaired) electrons. The Bertz CT molecular complexity index is 684. The van der Waals surface area contributed by atoms with Gasteiger partial charge in [-0.2, -0.15) is 0 Å². The number of nitrogens with two attached hydrogens (primary N) is 1. The Morgan fingerprint density at radius 3 is 2.27 bits per heavy atom. The molecule has 0 aromatic heterocycles. The van der Waals surface area contributed by atoms with E-state index < -0.39 is 23.8 Å². The first-order chi connectivity index (χ1) is 10.2. The minimum absolute atomic E-state index is 0.0383. The van der Waals surface area contributed by atoms with Crippen molar-refractivity contribution in [2.24, 2.45) is 0 Å². The molecule has 0 spiro atoms. The summed E-state index contributed by atoms with van der Waals surface area (Å²) in [6, 6.07) is 8.14. The van der Waals surface area contributed by atoms with Gasteiger partial charge in [0.25, 0.3) is 5.91 Å². The summed E-state index contributed by atoms with van der Waals surface area (Å²) in [4.78, 5) is 11.9. The molecule has 0 fully saturated rings. The lowest BCUT2D eigenvalue weighted by Gasteiger charge is -2.12. The zero-order chi connectivity index (χ0) is 16.3. The predicted molar refractivity (Wildman–Crippen MR) is 71.9 cm³/mol. The fourth-order valence-corrected chi connectivity index (χ4v) is 1.64. The summed E-state index contributed by atoms with van der Waals surface area (Å²) >= 11 is 0. The lowest BCUT2D eigenvalue weighted by Crippen LogP contribution is -2.18. The number of hydrogen-bond donors (Lipinski definition) is 2. The van der Waals surface area contributed by atoms with Crippen LogP contribution in [0, 0.1) is 5.82 Å². The van der Waals surface area contributed by atoms with Crippen molar-refractivity contribution in [3.8, 4) is 5.75 Å². The van der Waals surface area contributed by atoms with Crippen molar-refractivity contribution < 1.29 is 27.1 Å². The highest BCUT2D eigenvalue weighted by Gasteiger charge is 2.32. The average molecular weight is 314 g/mol. The van der Waals surface area contributed by atoms with Crippen molar-refractivity contribution >= 4 is 17.3 Å². The van der Waals surface area contributed by atoms with E-state index in [0.29, 0.717) is 5.69 Å². The van der Waals surface area contributed by atoms with Gasteiger partial charge in [0, 0.05) is 11.3 Å². The van der Waals surface area contributed by atoms with E-state index in [1.54, 1.807) is 0 Å². The molecule has 22 heavy (non-hydrogen) atoms. The summed E-state index contributed by atoms with van der Waals surface area (Å²) in [7, 11) is 0. The number of amides is 1. The standard InChI is InChI=1S/C14H10F4N2O2/c15-9-2-4-10(5-3-9)20-13(21)8-1-6-12(11(19)7-8)22-14(16,17)18/h1-7H,19H2,(H,20,21). The molecule has 0 unspecified atom stereocenters. The summed E-state index contributed by atoms with van der Waals surface area (Å²) in [5.74, 6) is -1.65. The third-order valence-corrected chi connectivity index (χ3v) is 2.60. The summed E-state index contributed by atoms with van der Waals surface area (Å²) in [6.45, 7) is 0. The third-order valence-electron chi connectivity index (χ3n) is 2.60. The van der Waals surface area contributed by atoms with E-state index >= 15 is 0 Å². The Morgan fingerprint density at radius 1 is 1.09 bits per heavy atom. The molecule has 0 saturated carbocycles. The first-order valence-electron chi connectivity index (χ1n) is 5.97. The molecule has 2 rings (SSSR count). The minimum atomic E-state index is -4.87. The van der Waals surface area contributed by atoms with Crippen LogP contribution in [0.3, 0.4) is 0 Å². The van der Waals surface area contributed by atoms with Gasteiger partial charge in [-0.15, -0.1) is 13.2 Å². The van der Waals surface area contributed by atoms with Crippen LogP contribution in [0.5, 0.6) is 5.75 Å². The van der Waals surface area contributed by atoms with Gasteiger partial charge in [-0.1, -0.05) is 0 Å². The number of rotatable bonds is 3. The average Bonchev–Trinajstić information content (AvgIpc) is 2.42. The summed E-state index contributed by atoms with van der Waals surface area (Å²) < 4.78 is 52.8. The van der Waals surface area contributed by atoms with E-state index in [0.717, 1.165) is 30.3 Å². The van der Waals surface area contributed by atoms with Crippen LogP contribution in [-0.2, 0) is 0 Å². The number of alkyl halides is 3. The highest BCUT2D eigenvalue weighted by Crippen LogP contribution is 2.29. The molecule has 0 heterocycles. The van der Waals surface area contributed by atoms with Crippen LogP contribution in [0.15, 0.2) is 42.5 Å². The second-order valence-corrected chi connectivity index (χ2v) is 4.26. The highest BCUT2D eigenvalue weighted by molar-refractivity contribution is 6.05. The lowest BCUT2D eigenvalue weighted by atomic mass is 10.1. The maximum Gasteiger partial charge on any atom is 0.573 e. The molecule has 2 aromatic rings. The zero-order valence-corrected chi connectivity index (χ0v) is 10.9. The fourth-order valence-electron chi connectivity index (χ4n) is 1.64. The number of hydrogen-bond acceptors (Lipinski definition) is 3. The van der Waals surface area contributed by atoms with Crippen molar-refractivity contribution in [2.45, 2.75) is 6.36 Å². The van der Waals surface area contributed by atoms with Crippen LogP contribution >= 0.6 is 0 Å². The van der Waals surface area contributed by atoms with Gasteiger partial charge >= 0.3 is 6.36 Å². The molecule has 0 aliphatic heterocycles. The molecule has 0 atom stereocenters. The van der Waals surface area contributed by atoms with Crippen LogP contribution in [-0.4, -0.2) is 12.3 Å². The van der Waals surface area contributed by atoms with Crippen molar-refractivity contribution in [3.05, 3.63) is 53.8 Å². The summed E-state index contributed by atoms with van der Waals surface area (Å²) in [6.07, 6.45) is -4.87. The minimum Gasteiger partial charge on any atom is -0.404 e. The molecular formula is C14H10F4N2O2. The van der Waals surface area contributed by atoms with E-state index in [2.05, 4.69) is 10.1 Å². The SMILES string of the molecule is Nc1cc(C(=O)Nc2ccc(F)cc2)ccc1OC(F)(F)F. The van der Waals surface area contributed by atoms with Gasteiger partial charge in [0.2, 0.25) is 0 Å². The molecule has 0 aliphatic carbocycles. The van der Waals surface area contributed by atoms with Crippen molar-refractivity contribution in [1.82, 2.24) is 0 Å². The number of nitrogen functional groups attached to an aromatic ring is 1. The van der Waals surface area contributed by atoms with Crippen LogP contribution in [0.2, 0.25) is 0 Å². The number of carbonyl (C=O) groups excluding carboxylic acids is 1. The first-order valence-corrected chi connectivity index (χ1v) is 5.97. The van der Waals surface area contributed by atoms with Crippen LogP contribution < -0.4 is 15.8 Å². The van der Waals surface area contributed by atoms with Crippen LogP contribution in [0.25, 0.3) is 0 Å². The van der Waals surface area contributed by atoms with E-state index in [-0.39, 0.29) is 11.3 Å². The topological polar surface area (TPSA) is 64.4 Å². The maximum atomic E-state index is 12.7. The Labute approximate surface area is 122 Å². The van der Waals surface area contributed by atoms with Gasteiger partial charge in [0.1, 0.15) is 5.82 Å². The number of halogens is 4. The third kappa shape index (κ3) is 4.11. The largest absolute Gasteiger partial charge is 0.573 e. The monoisotopic (exact) mass is 314 g/mol. The van der Waals surface area contributed by atoms with E-state index in [4.69, 9.17) is 5.73 Å². The maximum absolute atomic E-state index is 12.7. The number of anilines is 2.